The van der Waals surface area contributed by atoms with E-state index in [2.05, 4.69) is 20.6 Å². The Hall–Kier alpha value is -4.29. The summed E-state index contributed by atoms with van der Waals surface area (Å²) in [5.41, 5.74) is 9.83. The number of carbonyl (C=O) groups excluding carboxylic acids is 2. The third kappa shape index (κ3) is 6.24. The Bertz CT molecular complexity index is 1620. The average molecular weight is 563 g/mol. The molecular formula is C27H26N6O4S2. The van der Waals surface area contributed by atoms with Crippen molar-refractivity contribution >= 4 is 49.8 Å². The largest absolute Gasteiger partial charge is 0.399 e. The van der Waals surface area contributed by atoms with E-state index in [1.165, 1.54) is 15.6 Å². The lowest BCUT2D eigenvalue weighted by atomic mass is 10.0. The minimum atomic E-state index is -3.36. The molecule has 3 heterocycles. The molecule has 12 heteroatoms. The van der Waals surface area contributed by atoms with Gasteiger partial charge in [-0.25, -0.2) is 18.4 Å². The molecule has 1 fully saturated rings. The number of sulfonamides is 1. The first kappa shape index (κ1) is 26.3. The third-order valence-corrected chi connectivity index (χ3v) is 8.78. The van der Waals surface area contributed by atoms with Gasteiger partial charge in [0.1, 0.15) is 5.82 Å². The van der Waals surface area contributed by atoms with Crippen LogP contribution in [0.15, 0.2) is 72.2 Å². The summed E-state index contributed by atoms with van der Waals surface area (Å²) < 4.78 is 26.4. The highest BCUT2D eigenvalue weighted by Crippen LogP contribution is 2.31. The third-order valence-electron chi connectivity index (χ3n) is 6.17. The van der Waals surface area contributed by atoms with Crippen LogP contribution in [0.2, 0.25) is 0 Å². The highest BCUT2D eigenvalue weighted by atomic mass is 32.2. The molecule has 1 saturated heterocycles. The molecule has 1 aliphatic heterocycles. The van der Waals surface area contributed by atoms with Gasteiger partial charge in [0.2, 0.25) is 15.9 Å². The molecule has 10 nitrogen and oxygen atoms in total. The number of hydrogen-bond acceptors (Lipinski definition) is 8. The summed E-state index contributed by atoms with van der Waals surface area (Å²) in [6, 6.07) is 17.7. The van der Waals surface area contributed by atoms with Crippen LogP contribution >= 0.6 is 11.3 Å². The van der Waals surface area contributed by atoms with Crippen molar-refractivity contribution < 1.29 is 18.0 Å². The molecule has 0 bridgehead atoms. The average Bonchev–Trinajstić information content (AvgIpc) is 3.40. The van der Waals surface area contributed by atoms with Crippen LogP contribution in [0.3, 0.4) is 0 Å². The monoisotopic (exact) mass is 562 g/mol. The van der Waals surface area contributed by atoms with Crippen LogP contribution in [0.25, 0.3) is 22.4 Å². The van der Waals surface area contributed by atoms with Crippen molar-refractivity contribution in [2.24, 2.45) is 0 Å². The summed E-state index contributed by atoms with van der Waals surface area (Å²) in [7, 11) is -3.36. The zero-order valence-corrected chi connectivity index (χ0v) is 22.5. The molecule has 0 spiro atoms. The number of hydrogen-bond donors (Lipinski definition) is 3. The number of amides is 2. The molecule has 0 atom stereocenters. The SMILES string of the molecule is Nc1ccc(C(=O)NCC(=O)Nc2nc(-c3cccc(-c4ccnc(N5CCCCS5(=O)=O)c4)c3)cs2)cc1. The Labute approximate surface area is 230 Å². The smallest absolute Gasteiger partial charge is 0.251 e. The molecule has 4 N–H and O–H groups in total. The van der Waals surface area contributed by atoms with Gasteiger partial charge in [-0.1, -0.05) is 18.2 Å². The van der Waals surface area contributed by atoms with Crippen LogP contribution in [0.1, 0.15) is 23.2 Å². The van der Waals surface area contributed by atoms with Gasteiger partial charge in [0, 0.05) is 34.9 Å². The van der Waals surface area contributed by atoms with E-state index in [4.69, 9.17) is 5.73 Å². The van der Waals surface area contributed by atoms with E-state index in [1.54, 1.807) is 36.5 Å². The van der Waals surface area contributed by atoms with Crippen molar-refractivity contribution in [2.45, 2.75) is 12.8 Å². The molecule has 200 valence electrons. The lowest BCUT2D eigenvalue weighted by Crippen LogP contribution is -2.38. The normalized spacial score (nSPS) is 14.5. The molecule has 0 unspecified atom stereocenters. The minimum Gasteiger partial charge on any atom is -0.399 e. The Morgan fingerprint density at radius 3 is 2.56 bits per heavy atom. The Kier molecular flexibility index (Phi) is 7.57. The summed E-state index contributed by atoms with van der Waals surface area (Å²) in [6.07, 6.45) is 3.08. The first-order chi connectivity index (χ1) is 18.8. The van der Waals surface area contributed by atoms with Gasteiger partial charge < -0.3 is 16.4 Å². The molecule has 4 aromatic rings. The topological polar surface area (TPSA) is 147 Å². The standard InChI is InChI=1S/C27H26N6O4S2/c28-22-8-6-18(7-9-22)26(35)30-16-25(34)32-27-31-23(17-38-27)21-5-3-4-19(14-21)20-10-11-29-24(15-20)33-12-1-2-13-39(33,36)37/h3-11,14-15,17H,1-2,12-13,16,28H2,(H,30,35)(H,31,32,34). The zero-order chi connectivity index (χ0) is 27.4. The Balaban J connectivity index is 1.25. The summed E-state index contributed by atoms with van der Waals surface area (Å²) >= 11 is 1.27. The van der Waals surface area contributed by atoms with E-state index in [0.717, 1.165) is 23.1 Å². The molecule has 1 aliphatic rings. The Morgan fingerprint density at radius 2 is 1.77 bits per heavy atom. The second kappa shape index (κ2) is 11.2. The van der Waals surface area contributed by atoms with Crippen LogP contribution in [0, 0.1) is 0 Å². The van der Waals surface area contributed by atoms with E-state index < -0.39 is 15.9 Å². The lowest BCUT2D eigenvalue weighted by Gasteiger charge is -2.27. The van der Waals surface area contributed by atoms with Crippen molar-refractivity contribution in [1.82, 2.24) is 15.3 Å². The second-order valence-electron chi connectivity index (χ2n) is 8.97. The van der Waals surface area contributed by atoms with Gasteiger partial charge in [0.05, 0.1) is 18.0 Å². The van der Waals surface area contributed by atoms with Crippen LogP contribution in [-0.4, -0.2) is 49.0 Å². The van der Waals surface area contributed by atoms with Gasteiger partial charge in [0.15, 0.2) is 5.13 Å². The second-order valence-corrected chi connectivity index (χ2v) is 11.8. The molecular weight excluding hydrogens is 536 g/mol. The number of carbonyl (C=O) groups is 2. The van der Waals surface area contributed by atoms with Gasteiger partial charge in [-0.05, 0) is 66.4 Å². The molecule has 0 saturated carbocycles. The fourth-order valence-electron chi connectivity index (χ4n) is 4.16. The van der Waals surface area contributed by atoms with Gasteiger partial charge >= 0.3 is 0 Å². The number of thiazole rings is 1. The van der Waals surface area contributed by atoms with Crippen molar-refractivity contribution in [3.8, 4) is 22.4 Å². The van der Waals surface area contributed by atoms with Gasteiger partial charge in [-0.15, -0.1) is 11.3 Å². The molecule has 0 radical (unpaired) electrons. The van der Waals surface area contributed by atoms with Crippen LogP contribution in [0.5, 0.6) is 0 Å². The summed E-state index contributed by atoms with van der Waals surface area (Å²) in [6.45, 7) is 0.224. The van der Waals surface area contributed by atoms with Gasteiger partial charge in [-0.3, -0.25) is 13.9 Å². The quantitative estimate of drug-likeness (QED) is 0.291. The number of nitrogens with zero attached hydrogens (tertiary/aromatic N) is 3. The number of aromatic nitrogens is 2. The summed E-state index contributed by atoms with van der Waals surface area (Å²) in [4.78, 5) is 33.4. The number of benzene rings is 2. The van der Waals surface area contributed by atoms with Crippen LogP contribution in [-0.2, 0) is 14.8 Å². The highest BCUT2D eigenvalue weighted by Gasteiger charge is 2.27. The number of anilines is 3. The fraction of sp³-hybridized carbons (Fsp3) is 0.185. The van der Waals surface area contributed by atoms with E-state index in [1.807, 2.05) is 35.7 Å². The molecule has 2 amide bonds. The first-order valence-corrected chi connectivity index (χ1v) is 14.7. The van der Waals surface area contributed by atoms with Crippen molar-refractivity contribution in [3.63, 3.8) is 0 Å². The van der Waals surface area contributed by atoms with Gasteiger partial charge in [0.25, 0.3) is 5.91 Å². The molecule has 2 aromatic heterocycles. The maximum absolute atomic E-state index is 12.5. The predicted octanol–water partition coefficient (Wildman–Crippen LogP) is 3.75. The lowest BCUT2D eigenvalue weighted by molar-refractivity contribution is -0.115. The van der Waals surface area contributed by atoms with Crippen molar-refractivity contribution in [2.75, 3.05) is 34.2 Å². The number of nitrogen functional groups attached to an aromatic ring is 1. The highest BCUT2D eigenvalue weighted by molar-refractivity contribution is 7.92. The number of rotatable bonds is 7. The Morgan fingerprint density at radius 1 is 1.00 bits per heavy atom. The molecule has 2 aromatic carbocycles. The minimum absolute atomic E-state index is 0.131. The summed E-state index contributed by atoms with van der Waals surface area (Å²) in [5.74, 6) is -0.226. The summed E-state index contributed by atoms with van der Waals surface area (Å²) in [5, 5.41) is 7.52. The van der Waals surface area contributed by atoms with Crippen LogP contribution in [0.4, 0.5) is 16.6 Å². The molecule has 0 aliphatic carbocycles. The first-order valence-electron chi connectivity index (χ1n) is 12.2. The number of pyridine rings is 1. The van der Waals surface area contributed by atoms with Crippen LogP contribution < -0.4 is 20.7 Å². The maximum atomic E-state index is 12.5. The number of nitrogens with two attached hydrogens (primary N) is 1. The molecule has 5 rings (SSSR count). The van der Waals surface area contributed by atoms with Crippen molar-refractivity contribution in [3.05, 3.63) is 77.8 Å². The zero-order valence-electron chi connectivity index (χ0n) is 20.8. The van der Waals surface area contributed by atoms with E-state index in [0.29, 0.717) is 40.9 Å². The van der Waals surface area contributed by atoms with Gasteiger partial charge in [-0.2, -0.15) is 0 Å². The molecule has 39 heavy (non-hydrogen) atoms. The maximum Gasteiger partial charge on any atom is 0.251 e. The van der Waals surface area contributed by atoms with E-state index in [9.17, 15) is 18.0 Å². The van der Waals surface area contributed by atoms with E-state index >= 15 is 0 Å². The number of nitrogens with one attached hydrogen (secondary N) is 2. The fourth-order valence-corrected chi connectivity index (χ4v) is 6.48. The van der Waals surface area contributed by atoms with E-state index in [-0.39, 0.29) is 18.2 Å². The van der Waals surface area contributed by atoms with Crippen molar-refractivity contribution in [1.29, 1.82) is 0 Å². The predicted molar refractivity (Wildman–Crippen MR) is 153 cm³/mol.